The number of aryl methyl sites for hydroxylation is 1. The Hall–Kier alpha value is -3.00. The topological polar surface area (TPSA) is 176 Å². The molecular weight excluding hydrogens is 472 g/mol. The predicted octanol–water partition coefficient (Wildman–Crippen LogP) is 0.181. The summed E-state index contributed by atoms with van der Waals surface area (Å²) in [6.07, 6.45) is 0.476. The van der Waals surface area contributed by atoms with Crippen LogP contribution in [0.3, 0.4) is 0 Å². The first-order valence-electron chi connectivity index (χ1n) is 9.87. The van der Waals surface area contributed by atoms with Crippen molar-refractivity contribution < 1.29 is 31.0 Å². The van der Waals surface area contributed by atoms with Gasteiger partial charge in [-0.15, -0.1) is 0 Å². The van der Waals surface area contributed by atoms with Crippen LogP contribution < -0.4 is 15.2 Å². The number of fused-ring (bicyclic) bond motifs is 1. The largest absolute Gasteiger partial charge is 0.357 e. The lowest BCUT2D eigenvalue weighted by Crippen LogP contribution is -2.52. The smallest absolute Gasteiger partial charge is 0.357 e. The number of likely N-dealkylation sites (N-methyl/N-ethyl adjacent to an activating group) is 1. The fraction of sp³-hybridized carbons (Fsp3) is 0.300. The summed E-state index contributed by atoms with van der Waals surface area (Å²) in [4.78, 5) is 26.9. The highest BCUT2D eigenvalue weighted by Gasteiger charge is 2.34. The van der Waals surface area contributed by atoms with E-state index in [1.807, 2.05) is 4.72 Å². The van der Waals surface area contributed by atoms with Crippen LogP contribution in [0.25, 0.3) is 0 Å². The summed E-state index contributed by atoms with van der Waals surface area (Å²) in [5.74, 6) is -0.672. The molecule has 0 radical (unpaired) electrons. The van der Waals surface area contributed by atoms with Gasteiger partial charge in [0.05, 0.1) is 10.6 Å². The van der Waals surface area contributed by atoms with E-state index >= 15 is 0 Å². The van der Waals surface area contributed by atoms with Crippen LogP contribution >= 0.6 is 0 Å². The van der Waals surface area contributed by atoms with Gasteiger partial charge in [0, 0.05) is 26.4 Å². The third-order valence-electron chi connectivity index (χ3n) is 5.31. The fourth-order valence-electron chi connectivity index (χ4n) is 3.73. The highest BCUT2D eigenvalue weighted by molar-refractivity contribution is 7.89. The maximum atomic E-state index is 13.1. The summed E-state index contributed by atoms with van der Waals surface area (Å²) in [6, 6.07) is 9.82. The number of benzene rings is 2. The molecule has 2 amide bonds. The SMILES string of the molecule is CNC(=O)[C@H]1Cc2ccc(NS(=O)(=O)O)cc2CN1C(=O)CCc1cccc(S(N)(=O)=O)c1. The van der Waals surface area contributed by atoms with Crippen LogP contribution in [-0.4, -0.2) is 51.2 Å². The van der Waals surface area contributed by atoms with E-state index in [2.05, 4.69) is 5.32 Å². The number of amides is 2. The number of carbonyl (C=O) groups is 2. The van der Waals surface area contributed by atoms with Crippen LogP contribution in [0.15, 0.2) is 47.4 Å². The van der Waals surface area contributed by atoms with Crippen LogP contribution in [0.5, 0.6) is 0 Å². The normalized spacial score (nSPS) is 16.1. The molecule has 1 atom stereocenters. The van der Waals surface area contributed by atoms with E-state index in [1.165, 1.54) is 42.3 Å². The quantitative estimate of drug-likeness (QED) is 0.395. The lowest BCUT2D eigenvalue weighted by molar-refractivity contribution is -0.141. The number of primary sulfonamides is 1. The van der Waals surface area contributed by atoms with Crippen LogP contribution in [0.2, 0.25) is 0 Å². The minimum absolute atomic E-state index is 0.0137. The predicted molar refractivity (Wildman–Crippen MR) is 120 cm³/mol. The summed E-state index contributed by atoms with van der Waals surface area (Å²) < 4.78 is 56.3. The van der Waals surface area contributed by atoms with Crippen molar-refractivity contribution in [1.82, 2.24) is 10.2 Å². The van der Waals surface area contributed by atoms with E-state index < -0.39 is 26.4 Å². The van der Waals surface area contributed by atoms with E-state index in [1.54, 1.807) is 12.1 Å². The van der Waals surface area contributed by atoms with Gasteiger partial charge in [0.1, 0.15) is 6.04 Å². The lowest BCUT2D eigenvalue weighted by Gasteiger charge is -2.36. The standard InChI is InChI=1S/C20H24N4O7S2/c1-22-20(26)18-11-14-6-7-16(23-33(29,30)31)10-15(14)12-24(18)19(25)8-5-13-3-2-4-17(9-13)32(21,27)28/h2-4,6-7,9-10,18,23H,5,8,11-12H2,1H3,(H,22,26)(H2,21,27,28)(H,29,30,31)/t18-/m1/s1. The number of sulfonamides is 1. The van der Waals surface area contributed by atoms with Gasteiger partial charge in [-0.3, -0.25) is 18.9 Å². The van der Waals surface area contributed by atoms with Gasteiger partial charge in [-0.1, -0.05) is 18.2 Å². The van der Waals surface area contributed by atoms with E-state index in [-0.39, 0.29) is 48.2 Å². The molecule has 11 nitrogen and oxygen atoms in total. The second-order valence-corrected chi connectivity index (χ2v) is 10.3. The highest BCUT2D eigenvalue weighted by Crippen LogP contribution is 2.27. The van der Waals surface area contributed by atoms with Crippen LogP contribution in [-0.2, 0) is 49.3 Å². The molecular formula is C20H24N4O7S2. The molecule has 0 saturated carbocycles. The van der Waals surface area contributed by atoms with Crippen molar-refractivity contribution in [1.29, 1.82) is 0 Å². The summed E-state index contributed by atoms with van der Waals surface area (Å²) in [5.41, 5.74) is 2.13. The Balaban J connectivity index is 1.82. The number of anilines is 1. The van der Waals surface area contributed by atoms with Gasteiger partial charge in [0.25, 0.3) is 0 Å². The van der Waals surface area contributed by atoms with E-state index in [9.17, 15) is 26.4 Å². The molecule has 1 aliphatic heterocycles. The molecule has 1 heterocycles. The zero-order chi connectivity index (χ0) is 24.4. The molecule has 5 N–H and O–H groups in total. The summed E-state index contributed by atoms with van der Waals surface area (Å²) in [7, 11) is -6.86. The Kier molecular flexibility index (Phi) is 7.07. The van der Waals surface area contributed by atoms with Crippen molar-refractivity contribution in [2.75, 3.05) is 11.8 Å². The monoisotopic (exact) mass is 496 g/mol. The van der Waals surface area contributed by atoms with Crippen molar-refractivity contribution in [2.45, 2.75) is 36.7 Å². The van der Waals surface area contributed by atoms with E-state index in [0.29, 0.717) is 11.1 Å². The first kappa shape index (κ1) is 24.6. The highest BCUT2D eigenvalue weighted by atomic mass is 32.2. The van der Waals surface area contributed by atoms with Crippen molar-refractivity contribution in [3.8, 4) is 0 Å². The van der Waals surface area contributed by atoms with Gasteiger partial charge in [0.15, 0.2) is 0 Å². The van der Waals surface area contributed by atoms with Crippen molar-refractivity contribution >= 4 is 37.8 Å². The molecule has 0 saturated heterocycles. The molecule has 178 valence electrons. The molecule has 2 aromatic carbocycles. The zero-order valence-corrected chi connectivity index (χ0v) is 19.3. The molecule has 1 aliphatic rings. The summed E-state index contributed by atoms with van der Waals surface area (Å²) in [5, 5.41) is 7.71. The molecule has 0 bridgehead atoms. The third-order valence-corrected chi connectivity index (χ3v) is 6.71. The summed E-state index contributed by atoms with van der Waals surface area (Å²) >= 11 is 0. The molecule has 0 fully saturated rings. The number of rotatable bonds is 7. The number of nitrogens with two attached hydrogens (primary N) is 1. The Bertz CT molecular complexity index is 1290. The van der Waals surface area contributed by atoms with Gasteiger partial charge < -0.3 is 10.2 Å². The lowest BCUT2D eigenvalue weighted by atomic mass is 9.92. The zero-order valence-electron chi connectivity index (χ0n) is 17.7. The molecule has 3 rings (SSSR count). The fourth-order valence-corrected chi connectivity index (χ4v) is 4.74. The van der Waals surface area contributed by atoms with Crippen LogP contribution in [0.1, 0.15) is 23.1 Å². The number of hydrogen-bond donors (Lipinski definition) is 4. The van der Waals surface area contributed by atoms with E-state index in [4.69, 9.17) is 9.69 Å². The number of hydrogen-bond acceptors (Lipinski definition) is 6. The van der Waals surface area contributed by atoms with Gasteiger partial charge in [0.2, 0.25) is 21.8 Å². The Morgan fingerprint density at radius 1 is 1.12 bits per heavy atom. The first-order chi connectivity index (χ1) is 15.4. The molecule has 2 aromatic rings. The Morgan fingerprint density at radius 2 is 1.85 bits per heavy atom. The van der Waals surface area contributed by atoms with Gasteiger partial charge in [-0.05, 0) is 47.4 Å². The Labute approximate surface area is 191 Å². The molecule has 0 spiro atoms. The Morgan fingerprint density at radius 3 is 2.48 bits per heavy atom. The maximum absolute atomic E-state index is 13.1. The molecule has 0 aromatic heterocycles. The minimum atomic E-state index is -4.46. The number of nitrogens with zero attached hydrogens (tertiary/aromatic N) is 1. The average Bonchev–Trinajstić information content (AvgIpc) is 2.74. The maximum Gasteiger partial charge on any atom is 0.357 e. The number of nitrogens with one attached hydrogen (secondary N) is 2. The molecule has 0 unspecified atom stereocenters. The van der Waals surface area contributed by atoms with Gasteiger partial charge >= 0.3 is 10.3 Å². The summed E-state index contributed by atoms with van der Waals surface area (Å²) in [6.45, 7) is 0.0600. The van der Waals surface area contributed by atoms with Crippen molar-refractivity contribution in [2.24, 2.45) is 5.14 Å². The van der Waals surface area contributed by atoms with Crippen LogP contribution in [0, 0.1) is 0 Å². The molecule has 13 heteroatoms. The van der Waals surface area contributed by atoms with Crippen molar-refractivity contribution in [3.05, 3.63) is 59.2 Å². The number of carbonyl (C=O) groups excluding carboxylic acids is 2. The second kappa shape index (κ2) is 9.47. The van der Waals surface area contributed by atoms with Crippen molar-refractivity contribution in [3.63, 3.8) is 0 Å². The molecule has 0 aliphatic carbocycles. The van der Waals surface area contributed by atoms with Gasteiger partial charge in [-0.25, -0.2) is 13.6 Å². The van der Waals surface area contributed by atoms with E-state index in [0.717, 1.165) is 5.56 Å². The average molecular weight is 497 g/mol. The van der Waals surface area contributed by atoms with Crippen LogP contribution in [0.4, 0.5) is 5.69 Å². The van der Waals surface area contributed by atoms with Gasteiger partial charge in [-0.2, -0.15) is 8.42 Å². The molecule has 33 heavy (non-hydrogen) atoms. The first-order valence-corrected chi connectivity index (χ1v) is 12.9. The minimum Gasteiger partial charge on any atom is -0.357 e. The second-order valence-electron chi connectivity index (χ2n) is 7.61. The third kappa shape index (κ3) is 6.28.